The molecule has 5 heteroatoms. The van der Waals surface area contributed by atoms with Crippen molar-refractivity contribution in [1.82, 2.24) is 5.32 Å². The summed E-state index contributed by atoms with van der Waals surface area (Å²) in [5.41, 5.74) is -1.21. The fourth-order valence-corrected chi connectivity index (χ4v) is 2.32. The van der Waals surface area contributed by atoms with Gasteiger partial charge >= 0.3 is 11.9 Å². The molecule has 0 aromatic rings. The molecule has 0 unspecified atom stereocenters. The summed E-state index contributed by atoms with van der Waals surface area (Å²) >= 11 is 0. The summed E-state index contributed by atoms with van der Waals surface area (Å²) in [6.45, 7) is 7.64. The average Bonchev–Trinajstić information content (AvgIpc) is 2.74. The summed E-state index contributed by atoms with van der Waals surface area (Å²) in [6.07, 6.45) is 3.38. The Morgan fingerprint density at radius 2 is 1.79 bits per heavy atom. The third-order valence-corrected chi connectivity index (χ3v) is 3.11. The van der Waals surface area contributed by atoms with Gasteiger partial charge in [0.1, 0.15) is 11.1 Å². The summed E-state index contributed by atoms with van der Waals surface area (Å²) in [6, 6.07) is 0. The van der Waals surface area contributed by atoms with E-state index >= 15 is 0 Å². The van der Waals surface area contributed by atoms with E-state index < -0.39 is 11.1 Å². The Balaban J connectivity index is 2.55. The summed E-state index contributed by atoms with van der Waals surface area (Å²) in [5.74, 6) is -0.598. The van der Waals surface area contributed by atoms with Gasteiger partial charge < -0.3 is 9.47 Å². The maximum Gasteiger partial charge on any atom is 0.326 e. The van der Waals surface area contributed by atoms with Crippen LogP contribution in [0.3, 0.4) is 0 Å². The van der Waals surface area contributed by atoms with Crippen LogP contribution in [-0.4, -0.2) is 36.2 Å². The van der Waals surface area contributed by atoms with E-state index in [1.165, 1.54) is 0 Å². The predicted octanol–water partition coefficient (Wildman–Crippen LogP) is 1.79. The van der Waals surface area contributed by atoms with Crippen LogP contribution in [-0.2, 0) is 19.1 Å². The summed E-state index contributed by atoms with van der Waals surface area (Å²) < 4.78 is 10.3. The fourth-order valence-electron chi connectivity index (χ4n) is 2.32. The normalized spacial score (nSPS) is 18.1. The van der Waals surface area contributed by atoms with Crippen molar-refractivity contribution >= 4 is 11.9 Å². The molecular formula is C14H25NO4. The Labute approximate surface area is 115 Å². The number of esters is 2. The molecule has 0 amide bonds. The molecular weight excluding hydrogens is 246 g/mol. The monoisotopic (exact) mass is 271 g/mol. The van der Waals surface area contributed by atoms with Crippen LogP contribution in [0.1, 0.15) is 53.4 Å². The van der Waals surface area contributed by atoms with Gasteiger partial charge in [0.05, 0.1) is 13.2 Å². The smallest absolute Gasteiger partial charge is 0.326 e. The van der Waals surface area contributed by atoms with Gasteiger partial charge in [0.25, 0.3) is 0 Å². The number of carbonyl (C=O) groups excluding carboxylic acids is 2. The highest BCUT2D eigenvalue weighted by Crippen LogP contribution is 2.30. The van der Waals surface area contributed by atoms with E-state index in [9.17, 15) is 9.59 Å². The third-order valence-electron chi connectivity index (χ3n) is 3.11. The van der Waals surface area contributed by atoms with Gasteiger partial charge in [-0.1, -0.05) is 12.8 Å². The molecule has 0 aromatic carbocycles. The highest BCUT2D eigenvalue weighted by Gasteiger charge is 2.42. The second kappa shape index (κ2) is 6.37. The molecule has 0 spiro atoms. The van der Waals surface area contributed by atoms with Crippen molar-refractivity contribution in [3.8, 4) is 0 Å². The average molecular weight is 271 g/mol. The minimum atomic E-state index is -0.701. The molecule has 1 rings (SSSR count). The molecule has 1 aliphatic rings. The minimum Gasteiger partial charge on any atom is -0.465 e. The second-order valence-electron chi connectivity index (χ2n) is 5.95. The molecule has 0 saturated heterocycles. The van der Waals surface area contributed by atoms with Crippen molar-refractivity contribution in [2.45, 2.75) is 64.5 Å². The van der Waals surface area contributed by atoms with Gasteiger partial charge in [0, 0.05) is 0 Å². The van der Waals surface area contributed by atoms with Gasteiger partial charge in [-0.15, -0.1) is 0 Å². The number of carbonyl (C=O) groups is 2. The standard InChI is InChI=1S/C14H25NO4/c1-5-18-12(17)14(8-6-7-9-14)15-10-11(16)19-13(2,3)4/h15H,5-10H2,1-4H3. The number of hydrogen-bond acceptors (Lipinski definition) is 5. The van der Waals surface area contributed by atoms with Crippen LogP contribution in [0.2, 0.25) is 0 Å². The van der Waals surface area contributed by atoms with Crippen molar-refractivity contribution in [3.05, 3.63) is 0 Å². The quantitative estimate of drug-likeness (QED) is 0.772. The van der Waals surface area contributed by atoms with Crippen LogP contribution in [0.5, 0.6) is 0 Å². The van der Waals surface area contributed by atoms with E-state index in [4.69, 9.17) is 9.47 Å². The fraction of sp³-hybridized carbons (Fsp3) is 0.857. The zero-order valence-electron chi connectivity index (χ0n) is 12.4. The molecule has 19 heavy (non-hydrogen) atoms. The van der Waals surface area contributed by atoms with Gasteiger partial charge in [0.15, 0.2) is 0 Å². The highest BCUT2D eigenvalue weighted by molar-refractivity contribution is 5.82. The van der Waals surface area contributed by atoms with Crippen LogP contribution >= 0.6 is 0 Å². The number of hydrogen-bond donors (Lipinski definition) is 1. The highest BCUT2D eigenvalue weighted by atomic mass is 16.6. The number of rotatable bonds is 5. The molecule has 1 aliphatic carbocycles. The van der Waals surface area contributed by atoms with E-state index in [1.807, 2.05) is 20.8 Å². The SMILES string of the molecule is CCOC(=O)C1(NCC(=O)OC(C)(C)C)CCCC1. The molecule has 0 atom stereocenters. The molecule has 1 saturated carbocycles. The molecule has 0 heterocycles. The summed E-state index contributed by atoms with van der Waals surface area (Å²) in [7, 11) is 0. The largest absolute Gasteiger partial charge is 0.465 e. The van der Waals surface area contributed by atoms with E-state index in [-0.39, 0.29) is 18.5 Å². The molecule has 1 N–H and O–H groups in total. The second-order valence-corrected chi connectivity index (χ2v) is 5.95. The van der Waals surface area contributed by atoms with Gasteiger partial charge in [0.2, 0.25) is 0 Å². The van der Waals surface area contributed by atoms with Crippen LogP contribution in [0, 0.1) is 0 Å². The van der Waals surface area contributed by atoms with E-state index in [1.54, 1.807) is 6.92 Å². The lowest BCUT2D eigenvalue weighted by Gasteiger charge is -2.28. The number of ether oxygens (including phenoxy) is 2. The van der Waals surface area contributed by atoms with Crippen molar-refractivity contribution in [2.24, 2.45) is 0 Å². The zero-order chi connectivity index (χ0) is 14.5. The first-order valence-electron chi connectivity index (χ1n) is 6.93. The van der Waals surface area contributed by atoms with Crippen LogP contribution in [0.15, 0.2) is 0 Å². The zero-order valence-corrected chi connectivity index (χ0v) is 12.4. The Morgan fingerprint density at radius 3 is 2.26 bits per heavy atom. The van der Waals surface area contributed by atoms with Gasteiger partial charge in [-0.2, -0.15) is 0 Å². The van der Waals surface area contributed by atoms with Gasteiger partial charge in [-0.3, -0.25) is 14.9 Å². The molecule has 0 aromatic heterocycles. The van der Waals surface area contributed by atoms with E-state index in [2.05, 4.69) is 5.32 Å². The summed E-state index contributed by atoms with van der Waals surface area (Å²) in [4.78, 5) is 23.7. The molecule has 1 fully saturated rings. The Hall–Kier alpha value is -1.10. The minimum absolute atomic E-state index is 0.0378. The Kier molecular flexibility index (Phi) is 5.35. The van der Waals surface area contributed by atoms with Crippen LogP contribution in [0.4, 0.5) is 0 Å². The Morgan fingerprint density at radius 1 is 1.21 bits per heavy atom. The summed E-state index contributed by atoms with van der Waals surface area (Å²) in [5, 5.41) is 3.05. The van der Waals surface area contributed by atoms with Gasteiger partial charge in [-0.25, -0.2) is 0 Å². The third kappa shape index (κ3) is 4.82. The lowest BCUT2D eigenvalue weighted by atomic mass is 9.98. The van der Waals surface area contributed by atoms with E-state index in [0.717, 1.165) is 12.8 Å². The number of nitrogens with one attached hydrogen (secondary N) is 1. The lowest BCUT2D eigenvalue weighted by Crippen LogP contribution is -2.53. The first kappa shape index (κ1) is 16.0. The maximum atomic E-state index is 12.0. The Bertz CT molecular complexity index is 327. The van der Waals surface area contributed by atoms with E-state index in [0.29, 0.717) is 19.4 Å². The predicted molar refractivity (Wildman–Crippen MR) is 71.7 cm³/mol. The maximum absolute atomic E-state index is 12.0. The molecule has 0 radical (unpaired) electrons. The van der Waals surface area contributed by atoms with Crippen molar-refractivity contribution in [1.29, 1.82) is 0 Å². The molecule has 5 nitrogen and oxygen atoms in total. The van der Waals surface area contributed by atoms with Crippen molar-refractivity contribution in [3.63, 3.8) is 0 Å². The van der Waals surface area contributed by atoms with Crippen molar-refractivity contribution in [2.75, 3.05) is 13.2 Å². The lowest BCUT2D eigenvalue weighted by molar-refractivity contribution is -0.156. The topological polar surface area (TPSA) is 64.6 Å². The first-order chi connectivity index (χ1) is 8.79. The molecule has 110 valence electrons. The molecule has 0 bridgehead atoms. The van der Waals surface area contributed by atoms with Crippen LogP contribution in [0.25, 0.3) is 0 Å². The van der Waals surface area contributed by atoms with Crippen molar-refractivity contribution < 1.29 is 19.1 Å². The van der Waals surface area contributed by atoms with Crippen LogP contribution < -0.4 is 5.32 Å². The van der Waals surface area contributed by atoms with Gasteiger partial charge in [-0.05, 0) is 40.5 Å². The molecule has 0 aliphatic heterocycles. The first-order valence-corrected chi connectivity index (χ1v) is 6.93.